The Kier molecular flexibility index (Phi) is 9.26. The number of nitrogens with zero attached hydrogens (tertiary/aromatic N) is 2. The van der Waals surface area contributed by atoms with E-state index in [0.29, 0.717) is 12.0 Å². The topological polar surface area (TPSA) is 105 Å². The number of amides is 2. The highest BCUT2D eigenvalue weighted by atomic mass is 35.5. The highest BCUT2D eigenvalue weighted by Gasteiger charge is 2.33. The molecule has 1 unspecified atom stereocenters. The second kappa shape index (κ2) is 12.8. The molecule has 1 aliphatic heterocycles. The van der Waals surface area contributed by atoms with Crippen molar-refractivity contribution in [2.24, 2.45) is 0 Å². The largest absolute Gasteiger partial charge is 0.342 e. The number of aldehydes is 1. The third-order valence-corrected chi connectivity index (χ3v) is 6.46. The van der Waals surface area contributed by atoms with Crippen molar-refractivity contribution >= 4 is 47.0 Å². The molecule has 0 aliphatic carbocycles. The lowest BCUT2D eigenvalue weighted by Gasteiger charge is -2.28. The number of pyridine rings is 1. The molecule has 2 aromatic heterocycles. The fourth-order valence-corrected chi connectivity index (χ4v) is 4.66. The SMILES string of the molecule is CNCc1ccccn1.O=Cc1cc(NC(=O)c2cc(F)cc(Cl)c2)c2n1CC(=O)NC2c1cc(F)ccc1Cl. The number of hydrogen-bond donors (Lipinski definition) is 3. The summed E-state index contributed by atoms with van der Waals surface area (Å²) in [6.45, 7) is 0.662. The van der Waals surface area contributed by atoms with Crippen molar-refractivity contribution < 1.29 is 23.2 Å². The van der Waals surface area contributed by atoms with E-state index in [4.69, 9.17) is 23.2 Å². The average Bonchev–Trinajstić information content (AvgIpc) is 3.27. The molecule has 5 rings (SSSR count). The lowest BCUT2D eigenvalue weighted by atomic mass is 10.0. The van der Waals surface area contributed by atoms with E-state index in [1.807, 2.05) is 25.2 Å². The normalized spacial score (nSPS) is 13.9. The van der Waals surface area contributed by atoms with Crippen molar-refractivity contribution in [3.63, 3.8) is 0 Å². The number of aromatic nitrogens is 2. The Balaban J connectivity index is 0.000000350. The molecule has 8 nitrogen and oxygen atoms in total. The van der Waals surface area contributed by atoms with E-state index >= 15 is 0 Å². The van der Waals surface area contributed by atoms with Crippen LogP contribution in [0.5, 0.6) is 0 Å². The summed E-state index contributed by atoms with van der Waals surface area (Å²) in [6, 6.07) is 13.4. The van der Waals surface area contributed by atoms with Crippen LogP contribution < -0.4 is 16.0 Å². The Morgan fingerprint density at radius 1 is 1.12 bits per heavy atom. The first-order valence-electron chi connectivity index (χ1n) is 11.9. The zero-order valence-corrected chi connectivity index (χ0v) is 22.6. The minimum absolute atomic E-state index is 0.0364. The smallest absolute Gasteiger partial charge is 0.255 e. The monoisotopic (exact) mass is 585 g/mol. The van der Waals surface area contributed by atoms with Crippen LogP contribution >= 0.6 is 23.2 Å². The van der Waals surface area contributed by atoms with Gasteiger partial charge < -0.3 is 20.5 Å². The molecular formula is C28H23Cl2F2N5O3. The minimum Gasteiger partial charge on any atom is -0.342 e. The summed E-state index contributed by atoms with van der Waals surface area (Å²) in [7, 11) is 1.91. The molecule has 3 N–H and O–H groups in total. The predicted octanol–water partition coefficient (Wildman–Crippen LogP) is 5.16. The van der Waals surface area contributed by atoms with Gasteiger partial charge in [0, 0.05) is 33.9 Å². The zero-order chi connectivity index (χ0) is 28.8. The summed E-state index contributed by atoms with van der Waals surface area (Å²) in [5, 5.41) is 8.56. The van der Waals surface area contributed by atoms with Gasteiger partial charge in [-0.25, -0.2) is 8.78 Å². The first-order chi connectivity index (χ1) is 19.2. The van der Waals surface area contributed by atoms with E-state index in [9.17, 15) is 23.2 Å². The van der Waals surface area contributed by atoms with E-state index in [2.05, 4.69) is 20.9 Å². The number of nitrogens with one attached hydrogen (secondary N) is 3. The van der Waals surface area contributed by atoms with E-state index in [-0.39, 0.29) is 39.1 Å². The summed E-state index contributed by atoms with van der Waals surface area (Å²) < 4.78 is 29.0. The molecule has 0 saturated carbocycles. The molecule has 0 bridgehead atoms. The molecule has 2 aromatic carbocycles. The molecule has 206 valence electrons. The summed E-state index contributed by atoms with van der Waals surface area (Å²) in [4.78, 5) is 40.7. The van der Waals surface area contributed by atoms with Gasteiger partial charge in [0.15, 0.2) is 6.29 Å². The fourth-order valence-electron chi connectivity index (χ4n) is 4.21. The van der Waals surface area contributed by atoms with Crippen molar-refractivity contribution in [1.29, 1.82) is 0 Å². The van der Waals surface area contributed by atoms with Crippen molar-refractivity contribution in [3.8, 4) is 0 Å². The maximum Gasteiger partial charge on any atom is 0.255 e. The maximum atomic E-state index is 13.9. The highest BCUT2D eigenvalue weighted by molar-refractivity contribution is 6.31. The summed E-state index contributed by atoms with van der Waals surface area (Å²) in [6.07, 6.45) is 2.33. The first kappa shape index (κ1) is 28.9. The summed E-state index contributed by atoms with van der Waals surface area (Å²) in [5.41, 5.74) is 1.91. The number of anilines is 1. The number of benzene rings is 2. The number of halogens is 4. The lowest BCUT2D eigenvalue weighted by molar-refractivity contribution is -0.123. The van der Waals surface area contributed by atoms with Gasteiger partial charge in [-0.1, -0.05) is 29.3 Å². The van der Waals surface area contributed by atoms with E-state index in [1.54, 1.807) is 6.20 Å². The Morgan fingerprint density at radius 2 is 1.93 bits per heavy atom. The first-order valence-corrected chi connectivity index (χ1v) is 12.7. The molecule has 0 saturated heterocycles. The van der Waals surface area contributed by atoms with Crippen LogP contribution in [0.1, 0.15) is 43.8 Å². The second-order valence-electron chi connectivity index (χ2n) is 8.70. The summed E-state index contributed by atoms with van der Waals surface area (Å²) in [5.74, 6) is -2.38. The molecular weight excluding hydrogens is 563 g/mol. The fraction of sp³-hybridized carbons (Fsp3) is 0.143. The van der Waals surface area contributed by atoms with Gasteiger partial charge in [-0.05, 0) is 61.6 Å². The van der Waals surface area contributed by atoms with Crippen molar-refractivity contribution in [3.05, 3.63) is 117 Å². The van der Waals surface area contributed by atoms with Gasteiger partial charge in [-0.2, -0.15) is 0 Å². The number of carbonyl (C=O) groups excluding carboxylic acids is 3. The minimum atomic E-state index is -0.940. The van der Waals surface area contributed by atoms with Crippen LogP contribution in [0, 0.1) is 11.6 Å². The van der Waals surface area contributed by atoms with Crippen LogP contribution in [0.2, 0.25) is 10.0 Å². The molecule has 2 amide bonds. The van der Waals surface area contributed by atoms with Gasteiger partial charge in [-0.3, -0.25) is 19.4 Å². The van der Waals surface area contributed by atoms with Crippen LogP contribution in [-0.4, -0.2) is 34.7 Å². The molecule has 40 heavy (non-hydrogen) atoms. The van der Waals surface area contributed by atoms with Crippen molar-refractivity contribution in [2.75, 3.05) is 12.4 Å². The van der Waals surface area contributed by atoms with Gasteiger partial charge in [0.1, 0.15) is 18.2 Å². The van der Waals surface area contributed by atoms with Gasteiger partial charge in [0.25, 0.3) is 5.91 Å². The van der Waals surface area contributed by atoms with E-state index < -0.39 is 29.5 Å². The van der Waals surface area contributed by atoms with Gasteiger partial charge in [-0.15, -0.1) is 0 Å². The third-order valence-electron chi connectivity index (χ3n) is 5.90. The van der Waals surface area contributed by atoms with Crippen LogP contribution in [0.3, 0.4) is 0 Å². The molecule has 3 heterocycles. The molecule has 12 heteroatoms. The maximum absolute atomic E-state index is 13.9. The van der Waals surface area contributed by atoms with E-state index in [1.165, 1.54) is 28.8 Å². The van der Waals surface area contributed by atoms with Gasteiger partial charge in [0.05, 0.1) is 28.8 Å². The third kappa shape index (κ3) is 6.71. The van der Waals surface area contributed by atoms with Crippen molar-refractivity contribution in [2.45, 2.75) is 19.1 Å². The zero-order valence-electron chi connectivity index (χ0n) is 21.1. The van der Waals surface area contributed by atoms with E-state index in [0.717, 1.165) is 30.4 Å². The molecule has 1 atom stereocenters. The van der Waals surface area contributed by atoms with Crippen LogP contribution in [0.15, 0.2) is 66.9 Å². The Morgan fingerprint density at radius 3 is 2.60 bits per heavy atom. The van der Waals surface area contributed by atoms with Gasteiger partial charge in [0.2, 0.25) is 5.91 Å². The number of hydrogen-bond acceptors (Lipinski definition) is 5. The summed E-state index contributed by atoms with van der Waals surface area (Å²) >= 11 is 12.1. The molecule has 0 spiro atoms. The molecule has 1 aliphatic rings. The lowest BCUT2D eigenvalue weighted by Crippen LogP contribution is -2.40. The second-order valence-corrected chi connectivity index (χ2v) is 9.55. The molecule has 0 fully saturated rings. The number of fused-ring (bicyclic) bond motifs is 1. The highest BCUT2D eigenvalue weighted by Crippen LogP contribution is 2.37. The van der Waals surface area contributed by atoms with Crippen LogP contribution in [-0.2, 0) is 17.9 Å². The van der Waals surface area contributed by atoms with Crippen LogP contribution in [0.4, 0.5) is 14.5 Å². The standard InChI is InChI=1S/C21H13Cl2F2N3O3.C7H10N2/c22-11-3-10(4-13(25)5-11)21(31)26-17-7-14(9-29)28-8-18(30)27-19(20(17)28)15-6-12(24)1-2-16(15)23;1-8-6-7-4-2-3-5-9-7/h1-7,9,19H,8H2,(H,26,31)(H,27,30);2-5,8H,6H2,1H3. The average molecular weight is 586 g/mol. The molecule has 0 radical (unpaired) electrons. The quantitative estimate of drug-likeness (QED) is 0.271. The van der Waals surface area contributed by atoms with Crippen molar-refractivity contribution in [1.82, 2.24) is 20.2 Å². The Hall–Kier alpha value is -4.12. The van der Waals surface area contributed by atoms with Gasteiger partial charge >= 0.3 is 0 Å². The predicted molar refractivity (Wildman–Crippen MR) is 148 cm³/mol. The molecule has 4 aromatic rings. The number of rotatable bonds is 6. The Bertz CT molecular complexity index is 1540. The Labute approximate surface area is 238 Å². The van der Waals surface area contributed by atoms with Crippen LogP contribution in [0.25, 0.3) is 0 Å². The number of carbonyl (C=O) groups is 3.